The SMILES string of the molecule is O=C(O)c1cccc(COCC2CC2)n1. The highest BCUT2D eigenvalue weighted by molar-refractivity contribution is 5.85. The minimum Gasteiger partial charge on any atom is -0.477 e. The summed E-state index contributed by atoms with van der Waals surface area (Å²) in [4.78, 5) is 14.6. The van der Waals surface area contributed by atoms with Gasteiger partial charge in [0.05, 0.1) is 12.3 Å². The molecular weight excluding hydrogens is 194 g/mol. The second kappa shape index (κ2) is 4.40. The highest BCUT2D eigenvalue weighted by Crippen LogP contribution is 2.28. The molecule has 1 N–H and O–H groups in total. The first-order chi connectivity index (χ1) is 7.25. The summed E-state index contributed by atoms with van der Waals surface area (Å²) in [5, 5.41) is 8.73. The number of aromatic nitrogens is 1. The van der Waals surface area contributed by atoms with Crippen molar-refractivity contribution in [2.24, 2.45) is 5.92 Å². The molecule has 0 aliphatic heterocycles. The maximum atomic E-state index is 10.6. The topological polar surface area (TPSA) is 59.4 Å². The molecule has 0 amide bonds. The molecule has 80 valence electrons. The zero-order chi connectivity index (χ0) is 10.7. The number of nitrogens with zero attached hydrogens (tertiary/aromatic N) is 1. The van der Waals surface area contributed by atoms with Gasteiger partial charge in [0.25, 0.3) is 0 Å². The lowest BCUT2D eigenvalue weighted by Crippen LogP contribution is -2.04. The largest absolute Gasteiger partial charge is 0.477 e. The van der Waals surface area contributed by atoms with Gasteiger partial charge >= 0.3 is 5.97 Å². The van der Waals surface area contributed by atoms with Gasteiger partial charge in [-0.15, -0.1) is 0 Å². The molecule has 0 aromatic carbocycles. The molecule has 1 aliphatic rings. The van der Waals surface area contributed by atoms with Crippen LogP contribution in [0.4, 0.5) is 0 Å². The first kappa shape index (κ1) is 10.1. The van der Waals surface area contributed by atoms with Gasteiger partial charge in [0.1, 0.15) is 5.69 Å². The maximum absolute atomic E-state index is 10.6. The Bertz CT molecular complexity index is 361. The molecule has 0 unspecified atom stereocenters. The van der Waals surface area contributed by atoms with Gasteiger partial charge in [0, 0.05) is 6.61 Å². The Kier molecular flexibility index (Phi) is 2.97. The number of hydrogen-bond acceptors (Lipinski definition) is 3. The van der Waals surface area contributed by atoms with Crippen molar-refractivity contribution in [3.63, 3.8) is 0 Å². The Morgan fingerprint density at radius 2 is 2.33 bits per heavy atom. The summed E-state index contributed by atoms with van der Waals surface area (Å²) < 4.78 is 5.42. The summed E-state index contributed by atoms with van der Waals surface area (Å²) in [5.41, 5.74) is 0.748. The Morgan fingerprint density at radius 3 is 3.00 bits per heavy atom. The standard InChI is InChI=1S/C11H13NO3/c13-11(14)10-3-1-2-9(12-10)7-15-6-8-4-5-8/h1-3,8H,4-7H2,(H,13,14). The molecule has 0 saturated heterocycles. The molecular formula is C11H13NO3. The average molecular weight is 207 g/mol. The van der Waals surface area contributed by atoms with Crippen LogP contribution in [-0.2, 0) is 11.3 Å². The van der Waals surface area contributed by atoms with E-state index in [-0.39, 0.29) is 5.69 Å². The van der Waals surface area contributed by atoms with Crippen molar-refractivity contribution in [2.75, 3.05) is 6.61 Å². The van der Waals surface area contributed by atoms with Crippen LogP contribution in [0.2, 0.25) is 0 Å². The first-order valence-corrected chi connectivity index (χ1v) is 5.02. The first-order valence-electron chi connectivity index (χ1n) is 5.02. The molecule has 1 aliphatic carbocycles. The van der Waals surface area contributed by atoms with Crippen molar-refractivity contribution in [3.8, 4) is 0 Å². The van der Waals surface area contributed by atoms with E-state index in [2.05, 4.69) is 4.98 Å². The Balaban J connectivity index is 1.88. The van der Waals surface area contributed by atoms with Crippen molar-refractivity contribution in [2.45, 2.75) is 19.4 Å². The molecule has 15 heavy (non-hydrogen) atoms. The van der Waals surface area contributed by atoms with E-state index in [1.807, 2.05) is 0 Å². The fourth-order valence-electron chi connectivity index (χ4n) is 1.29. The van der Waals surface area contributed by atoms with E-state index in [1.165, 1.54) is 18.9 Å². The normalized spacial score (nSPS) is 15.2. The van der Waals surface area contributed by atoms with Crippen LogP contribution in [0.1, 0.15) is 29.0 Å². The third-order valence-electron chi connectivity index (χ3n) is 2.33. The number of aromatic carboxylic acids is 1. The van der Waals surface area contributed by atoms with Crippen LogP contribution >= 0.6 is 0 Å². The zero-order valence-electron chi connectivity index (χ0n) is 8.35. The molecule has 0 spiro atoms. The van der Waals surface area contributed by atoms with Gasteiger partial charge in [-0.1, -0.05) is 6.07 Å². The summed E-state index contributed by atoms with van der Waals surface area (Å²) in [5.74, 6) is -0.285. The van der Waals surface area contributed by atoms with Crippen LogP contribution in [0.3, 0.4) is 0 Å². The quantitative estimate of drug-likeness (QED) is 0.798. The van der Waals surface area contributed by atoms with Crippen molar-refractivity contribution in [1.29, 1.82) is 0 Å². The minimum absolute atomic E-state index is 0.0718. The molecule has 1 saturated carbocycles. The van der Waals surface area contributed by atoms with Gasteiger partial charge in [0.15, 0.2) is 0 Å². The maximum Gasteiger partial charge on any atom is 0.354 e. The van der Waals surface area contributed by atoms with E-state index in [0.29, 0.717) is 18.2 Å². The highest BCUT2D eigenvalue weighted by Gasteiger charge is 2.21. The Hall–Kier alpha value is -1.42. The second-order valence-electron chi connectivity index (χ2n) is 3.78. The van der Waals surface area contributed by atoms with E-state index in [4.69, 9.17) is 9.84 Å². The monoisotopic (exact) mass is 207 g/mol. The third kappa shape index (κ3) is 3.02. The second-order valence-corrected chi connectivity index (χ2v) is 3.78. The molecule has 1 aromatic heterocycles. The Labute approximate surface area is 87.9 Å². The summed E-state index contributed by atoms with van der Waals surface area (Å²) >= 11 is 0. The minimum atomic E-state index is -1.00. The van der Waals surface area contributed by atoms with E-state index in [1.54, 1.807) is 12.1 Å². The molecule has 2 rings (SSSR count). The summed E-state index contributed by atoms with van der Waals surface area (Å²) in [7, 11) is 0. The molecule has 1 aromatic rings. The van der Waals surface area contributed by atoms with Crippen LogP contribution < -0.4 is 0 Å². The highest BCUT2D eigenvalue weighted by atomic mass is 16.5. The molecule has 0 atom stereocenters. The molecule has 0 radical (unpaired) electrons. The van der Waals surface area contributed by atoms with Gasteiger partial charge in [-0.05, 0) is 30.9 Å². The predicted molar refractivity (Wildman–Crippen MR) is 53.6 cm³/mol. The molecule has 1 heterocycles. The zero-order valence-corrected chi connectivity index (χ0v) is 8.35. The van der Waals surface area contributed by atoms with Gasteiger partial charge in [-0.3, -0.25) is 0 Å². The van der Waals surface area contributed by atoms with Crippen LogP contribution in [-0.4, -0.2) is 22.7 Å². The number of pyridine rings is 1. The number of carbonyl (C=O) groups is 1. The summed E-state index contributed by atoms with van der Waals surface area (Å²) in [6, 6.07) is 4.94. The molecule has 4 heteroatoms. The molecule has 1 fully saturated rings. The lowest BCUT2D eigenvalue weighted by molar-refractivity contribution is 0.0688. The number of carboxylic acids is 1. The summed E-state index contributed by atoms with van der Waals surface area (Å²) in [6.45, 7) is 1.16. The van der Waals surface area contributed by atoms with Crippen molar-refractivity contribution < 1.29 is 14.6 Å². The average Bonchev–Trinajstić information content (AvgIpc) is 3.02. The van der Waals surface area contributed by atoms with Crippen LogP contribution in [0, 0.1) is 5.92 Å². The third-order valence-corrected chi connectivity index (χ3v) is 2.33. The van der Waals surface area contributed by atoms with Gasteiger partial charge in [-0.25, -0.2) is 9.78 Å². The van der Waals surface area contributed by atoms with Crippen molar-refractivity contribution in [3.05, 3.63) is 29.6 Å². The van der Waals surface area contributed by atoms with Crippen LogP contribution in [0.5, 0.6) is 0 Å². The van der Waals surface area contributed by atoms with E-state index >= 15 is 0 Å². The number of carboxylic acid groups (broad SMARTS) is 1. The van der Waals surface area contributed by atoms with E-state index in [0.717, 1.165) is 6.61 Å². The smallest absolute Gasteiger partial charge is 0.354 e. The predicted octanol–water partition coefficient (Wildman–Crippen LogP) is 1.71. The lowest BCUT2D eigenvalue weighted by Gasteiger charge is -2.03. The lowest BCUT2D eigenvalue weighted by atomic mass is 10.3. The fourth-order valence-corrected chi connectivity index (χ4v) is 1.29. The molecule has 4 nitrogen and oxygen atoms in total. The summed E-state index contributed by atoms with van der Waals surface area (Å²) in [6.07, 6.45) is 2.51. The van der Waals surface area contributed by atoms with Gasteiger partial charge in [-0.2, -0.15) is 0 Å². The van der Waals surface area contributed by atoms with Crippen LogP contribution in [0.15, 0.2) is 18.2 Å². The van der Waals surface area contributed by atoms with Crippen molar-refractivity contribution >= 4 is 5.97 Å². The number of ether oxygens (including phenoxy) is 1. The van der Waals surface area contributed by atoms with Crippen molar-refractivity contribution in [1.82, 2.24) is 4.98 Å². The van der Waals surface area contributed by atoms with E-state index < -0.39 is 5.97 Å². The number of hydrogen-bond donors (Lipinski definition) is 1. The number of rotatable bonds is 5. The van der Waals surface area contributed by atoms with Gasteiger partial charge < -0.3 is 9.84 Å². The Morgan fingerprint density at radius 1 is 1.53 bits per heavy atom. The molecule has 0 bridgehead atoms. The van der Waals surface area contributed by atoms with E-state index in [9.17, 15) is 4.79 Å². The van der Waals surface area contributed by atoms with Gasteiger partial charge in [0.2, 0.25) is 0 Å². The van der Waals surface area contributed by atoms with Crippen LogP contribution in [0.25, 0.3) is 0 Å². The fraction of sp³-hybridized carbons (Fsp3) is 0.455.